The average Bonchev–Trinajstić information content (AvgIpc) is 2.79. The number of sulfonamides is 1. The Morgan fingerprint density at radius 3 is 2.47 bits per heavy atom. The van der Waals surface area contributed by atoms with Gasteiger partial charge in [0, 0.05) is 31.0 Å². The third-order valence-corrected chi connectivity index (χ3v) is 7.43. The van der Waals surface area contributed by atoms with Gasteiger partial charge in [0.05, 0.1) is 17.8 Å². The zero-order valence-electron chi connectivity index (χ0n) is 19.0. The molecule has 1 fully saturated rings. The van der Waals surface area contributed by atoms with Crippen molar-refractivity contribution in [2.45, 2.75) is 31.1 Å². The van der Waals surface area contributed by atoms with E-state index in [1.165, 1.54) is 19.2 Å². The minimum Gasteiger partial charge on any atom is -0.494 e. The van der Waals surface area contributed by atoms with Gasteiger partial charge in [0.2, 0.25) is 0 Å². The molecule has 2 aromatic carbocycles. The number of nitrogens with zero attached hydrogens (tertiary/aromatic N) is 2. The highest BCUT2D eigenvalue weighted by molar-refractivity contribution is 7.92. The number of hydrogen-bond donors (Lipinski definition) is 1. The molecular formula is C25H26ClN3O4S. The predicted molar refractivity (Wildman–Crippen MR) is 133 cm³/mol. The van der Waals surface area contributed by atoms with E-state index in [9.17, 15) is 13.2 Å². The first-order valence-corrected chi connectivity index (χ1v) is 12.9. The van der Waals surface area contributed by atoms with Crippen LogP contribution in [0.2, 0.25) is 5.02 Å². The minimum atomic E-state index is -4.13. The smallest absolute Gasteiger partial charge is 0.265 e. The number of ether oxygens (including phenoxy) is 1. The van der Waals surface area contributed by atoms with E-state index in [-0.39, 0.29) is 27.1 Å². The molecule has 1 aliphatic heterocycles. The summed E-state index contributed by atoms with van der Waals surface area (Å²) in [7, 11) is -2.78. The molecule has 0 aliphatic carbocycles. The normalized spacial score (nSPS) is 13.3. The SMILES string of the molecule is CCCc1ccc(-c2ccncc2)cc1NS(=O)(=O)c1cc(C(=O)N2CCC2)cc(Cl)c1OC. The molecule has 1 N–H and O–H groups in total. The van der Waals surface area contributed by atoms with Gasteiger partial charge in [-0.15, -0.1) is 0 Å². The molecule has 1 aromatic heterocycles. The van der Waals surface area contributed by atoms with Crippen LogP contribution in [0.15, 0.2) is 59.8 Å². The number of methoxy groups -OCH3 is 1. The van der Waals surface area contributed by atoms with E-state index in [4.69, 9.17) is 16.3 Å². The second kappa shape index (κ2) is 10.0. The second-order valence-electron chi connectivity index (χ2n) is 8.10. The number of rotatable bonds is 8. The summed E-state index contributed by atoms with van der Waals surface area (Å²) in [5, 5.41) is 0.0635. The van der Waals surface area contributed by atoms with Gasteiger partial charge in [0.15, 0.2) is 5.75 Å². The summed E-state index contributed by atoms with van der Waals surface area (Å²) in [5.74, 6) is -0.254. The van der Waals surface area contributed by atoms with Gasteiger partial charge in [-0.1, -0.05) is 37.1 Å². The van der Waals surface area contributed by atoms with Gasteiger partial charge >= 0.3 is 0 Å². The van der Waals surface area contributed by atoms with E-state index in [1.807, 2.05) is 31.2 Å². The number of pyridine rings is 1. The molecule has 1 saturated heterocycles. The Morgan fingerprint density at radius 2 is 1.85 bits per heavy atom. The summed E-state index contributed by atoms with van der Waals surface area (Å²) >= 11 is 6.35. The molecule has 0 radical (unpaired) electrons. The Balaban J connectivity index is 1.76. The van der Waals surface area contributed by atoms with E-state index in [0.717, 1.165) is 29.5 Å². The second-order valence-corrected chi connectivity index (χ2v) is 10.2. The van der Waals surface area contributed by atoms with Crippen molar-refractivity contribution < 1.29 is 17.9 Å². The molecule has 7 nitrogen and oxygen atoms in total. The van der Waals surface area contributed by atoms with E-state index in [2.05, 4.69) is 9.71 Å². The lowest BCUT2D eigenvalue weighted by Crippen LogP contribution is -2.42. The average molecular weight is 500 g/mol. The van der Waals surface area contributed by atoms with E-state index in [0.29, 0.717) is 25.2 Å². The first kappa shape index (κ1) is 24.0. The fourth-order valence-corrected chi connectivity index (χ4v) is 5.54. The standard InChI is InChI=1S/C25H26ClN3O4S/c1-3-5-18-6-7-19(17-8-10-27-11-9-17)15-22(18)28-34(31,32)23-16-20(14-21(26)24(23)33-2)25(30)29-12-4-13-29/h6-11,14-16,28H,3-5,12-13H2,1-2H3. The number of amides is 1. The fourth-order valence-electron chi connectivity index (χ4n) is 3.87. The fraction of sp³-hybridized carbons (Fsp3) is 0.280. The number of hydrogen-bond acceptors (Lipinski definition) is 5. The van der Waals surface area contributed by atoms with Crippen LogP contribution in [-0.2, 0) is 16.4 Å². The highest BCUT2D eigenvalue weighted by Gasteiger charge is 2.28. The number of aromatic nitrogens is 1. The maximum Gasteiger partial charge on any atom is 0.265 e. The summed E-state index contributed by atoms with van der Waals surface area (Å²) in [5.41, 5.74) is 3.31. The lowest BCUT2D eigenvalue weighted by Gasteiger charge is -2.31. The predicted octanol–water partition coefficient (Wildman–Crippen LogP) is 5.01. The van der Waals surface area contributed by atoms with Crippen molar-refractivity contribution in [2.24, 2.45) is 0 Å². The minimum absolute atomic E-state index is 0.00310. The molecule has 4 rings (SSSR count). The number of likely N-dealkylation sites (tertiary alicyclic amines) is 1. The lowest BCUT2D eigenvalue weighted by atomic mass is 10.0. The molecule has 0 atom stereocenters. The van der Waals surface area contributed by atoms with Crippen LogP contribution in [0.1, 0.15) is 35.7 Å². The topological polar surface area (TPSA) is 88.6 Å². The van der Waals surface area contributed by atoms with E-state index < -0.39 is 10.0 Å². The zero-order chi connectivity index (χ0) is 24.3. The van der Waals surface area contributed by atoms with E-state index >= 15 is 0 Å². The van der Waals surface area contributed by atoms with Crippen molar-refractivity contribution in [1.29, 1.82) is 0 Å². The molecule has 178 valence electrons. The number of anilines is 1. The number of carbonyl (C=O) groups excluding carboxylic acids is 1. The highest BCUT2D eigenvalue weighted by Crippen LogP contribution is 2.36. The molecular weight excluding hydrogens is 474 g/mol. The number of halogens is 1. The highest BCUT2D eigenvalue weighted by atomic mass is 35.5. The summed E-state index contributed by atoms with van der Waals surface area (Å²) in [6.07, 6.45) is 5.84. The number of benzene rings is 2. The maximum absolute atomic E-state index is 13.6. The van der Waals surface area contributed by atoms with Crippen molar-refractivity contribution >= 4 is 33.2 Å². The Kier molecular flexibility index (Phi) is 7.09. The van der Waals surface area contributed by atoms with Gasteiger partial charge in [-0.05, 0) is 59.9 Å². The molecule has 0 unspecified atom stereocenters. The van der Waals surface area contributed by atoms with Crippen LogP contribution in [-0.4, -0.2) is 44.4 Å². The summed E-state index contributed by atoms with van der Waals surface area (Å²) < 4.78 is 35.2. The van der Waals surface area contributed by atoms with Crippen LogP contribution in [0, 0.1) is 0 Å². The summed E-state index contributed by atoms with van der Waals surface area (Å²) in [6.45, 7) is 3.32. The van der Waals surface area contributed by atoms with Gasteiger partial charge in [-0.3, -0.25) is 14.5 Å². The van der Waals surface area contributed by atoms with Crippen LogP contribution in [0.3, 0.4) is 0 Å². The molecule has 1 aliphatic rings. The van der Waals surface area contributed by atoms with Crippen molar-refractivity contribution in [1.82, 2.24) is 9.88 Å². The van der Waals surface area contributed by atoms with Crippen molar-refractivity contribution in [3.8, 4) is 16.9 Å². The summed E-state index contributed by atoms with van der Waals surface area (Å²) in [6, 6.07) is 12.2. The van der Waals surface area contributed by atoms with Gasteiger partial charge in [0.25, 0.3) is 15.9 Å². The first-order valence-electron chi connectivity index (χ1n) is 11.1. The Hall–Kier alpha value is -3.10. The van der Waals surface area contributed by atoms with Crippen LogP contribution >= 0.6 is 11.6 Å². The van der Waals surface area contributed by atoms with Crippen LogP contribution in [0.25, 0.3) is 11.1 Å². The van der Waals surface area contributed by atoms with Crippen LogP contribution in [0.5, 0.6) is 5.75 Å². The third-order valence-electron chi connectivity index (χ3n) is 5.78. The number of nitrogens with one attached hydrogen (secondary N) is 1. The zero-order valence-corrected chi connectivity index (χ0v) is 20.6. The quantitative estimate of drug-likeness (QED) is 0.470. The molecule has 2 heterocycles. The monoisotopic (exact) mass is 499 g/mol. The van der Waals surface area contributed by atoms with Crippen molar-refractivity contribution in [2.75, 3.05) is 24.9 Å². The molecule has 9 heteroatoms. The van der Waals surface area contributed by atoms with Crippen LogP contribution in [0.4, 0.5) is 5.69 Å². The molecule has 1 amide bonds. The lowest BCUT2D eigenvalue weighted by molar-refractivity contribution is 0.0651. The first-order chi connectivity index (χ1) is 16.3. The maximum atomic E-state index is 13.6. The van der Waals surface area contributed by atoms with Crippen LogP contribution < -0.4 is 9.46 Å². The third kappa shape index (κ3) is 4.88. The Labute approximate surface area is 204 Å². The van der Waals surface area contributed by atoms with E-state index in [1.54, 1.807) is 23.4 Å². The molecule has 3 aromatic rings. The number of aryl methyl sites for hydroxylation is 1. The largest absolute Gasteiger partial charge is 0.494 e. The van der Waals surface area contributed by atoms with Gasteiger partial charge in [-0.2, -0.15) is 0 Å². The molecule has 0 saturated carbocycles. The Bertz CT molecular complexity index is 1310. The Morgan fingerprint density at radius 1 is 1.12 bits per heavy atom. The summed E-state index contributed by atoms with van der Waals surface area (Å²) in [4.78, 5) is 18.3. The van der Waals surface area contributed by atoms with Crippen molar-refractivity contribution in [3.05, 3.63) is 71.0 Å². The van der Waals surface area contributed by atoms with Gasteiger partial charge in [0.1, 0.15) is 4.90 Å². The van der Waals surface area contributed by atoms with Gasteiger partial charge in [-0.25, -0.2) is 8.42 Å². The molecule has 0 bridgehead atoms. The molecule has 0 spiro atoms. The molecule has 34 heavy (non-hydrogen) atoms. The van der Waals surface area contributed by atoms with Crippen molar-refractivity contribution in [3.63, 3.8) is 0 Å². The van der Waals surface area contributed by atoms with Gasteiger partial charge < -0.3 is 9.64 Å². The number of carbonyl (C=O) groups is 1.